The third kappa shape index (κ3) is 3.84. The first-order valence-corrected chi connectivity index (χ1v) is 14.8. The number of carbonyl (C=O) groups is 1. The van der Waals surface area contributed by atoms with Crippen molar-refractivity contribution in [3.05, 3.63) is 67.4 Å². The van der Waals surface area contributed by atoms with E-state index in [-0.39, 0.29) is 33.4 Å². The predicted molar refractivity (Wildman–Crippen MR) is 164 cm³/mol. The van der Waals surface area contributed by atoms with Crippen molar-refractivity contribution in [1.29, 1.82) is 21.0 Å². The van der Waals surface area contributed by atoms with Crippen molar-refractivity contribution in [2.75, 3.05) is 7.11 Å². The summed E-state index contributed by atoms with van der Waals surface area (Å²) in [5, 5.41) is 38.4. The van der Waals surface area contributed by atoms with Crippen LogP contribution in [0.2, 0.25) is 0 Å². The van der Waals surface area contributed by atoms with E-state index in [1.54, 1.807) is 35.9 Å². The molecule has 0 fully saturated rings. The van der Waals surface area contributed by atoms with Gasteiger partial charge in [-0.05, 0) is 42.8 Å². The monoisotopic (exact) mass is 605 g/mol. The Balaban J connectivity index is 1.52. The summed E-state index contributed by atoms with van der Waals surface area (Å²) in [6, 6.07) is 14.3. The van der Waals surface area contributed by atoms with Gasteiger partial charge in [0.15, 0.2) is 5.78 Å². The summed E-state index contributed by atoms with van der Waals surface area (Å²) in [6.07, 6.45) is 1.64. The molecule has 41 heavy (non-hydrogen) atoms. The van der Waals surface area contributed by atoms with Crippen molar-refractivity contribution in [3.63, 3.8) is 0 Å². The minimum absolute atomic E-state index is 0.0561. The van der Waals surface area contributed by atoms with Crippen molar-refractivity contribution in [3.8, 4) is 39.8 Å². The second-order valence-electron chi connectivity index (χ2n) is 9.14. The Morgan fingerprint density at radius 3 is 2.29 bits per heavy atom. The first-order valence-electron chi connectivity index (χ1n) is 11.9. The van der Waals surface area contributed by atoms with Crippen molar-refractivity contribution in [1.82, 2.24) is 4.57 Å². The fourth-order valence-corrected chi connectivity index (χ4v) is 9.13. The minimum atomic E-state index is -0.423. The quantitative estimate of drug-likeness (QED) is 0.128. The van der Waals surface area contributed by atoms with Crippen molar-refractivity contribution in [2.45, 2.75) is 11.8 Å². The minimum Gasteiger partial charge on any atom is -0.495 e. The van der Waals surface area contributed by atoms with Crippen LogP contribution in [0.15, 0.2) is 40.3 Å². The molecule has 0 radical (unpaired) electrons. The normalized spacial score (nSPS) is 13.3. The number of hydrogen-bond acceptors (Lipinski definition) is 10. The third-order valence-electron chi connectivity index (χ3n) is 6.99. The van der Waals surface area contributed by atoms with Gasteiger partial charge >= 0.3 is 0 Å². The van der Waals surface area contributed by atoms with Gasteiger partial charge in [0.25, 0.3) is 0 Å². The molecule has 0 spiro atoms. The van der Waals surface area contributed by atoms with Gasteiger partial charge in [0.2, 0.25) is 0 Å². The number of thiol groups is 1. The molecule has 1 aromatic carbocycles. The topological polar surface area (TPSA) is 126 Å². The number of fused-ring (bicyclic) bond motifs is 4. The number of nitrogens with zero attached hydrogens (tertiary/aromatic N) is 5. The van der Waals surface area contributed by atoms with Gasteiger partial charge in [0, 0.05) is 38.4 Å². The molecule has 0 N–H and O–H groups in total. The molecule has 1 aliphatic carbocycles. The summed E-state index contributed by atoms with van der Waals surface area (Å²) in [4.78, 5) is 18.3. The van der Waals surface area contributed by atoms with E-state index in [2.05, 4.69) is 17.6 Å². The Kier molecular flexibility index (Phi) is 6.35. The summed E-state index contributed by atoms with van der Waals surface area (Å²) < 4.78 is 10.2. The van der Waals surface area contributed by atoms with Crippen LogP contribution in [0.3, 0.4) is 0 Å². The summed E-state index contributed by atoms with van der Waals surface area (Å²) in [5.41, 5.74) is 2.88. The summed E-state index contributed by atoms with van der Waals surface area (Å²) >= 11 is 9.52. The highest BCUT2D eigenvalue weighted by Crippen LogP contribution is 2.50. The smallest absolute Gasteiger partial charge is 0.194 e. The highest BCUT2D eigenvalue weighted by Gasteiger charge is 2.34. The number of benzene rings is 1. The van der Waals surface area contributed by atoms with Gasteiger partial charge in [-0.25, -0.2) is 0 Å². The molecular weight excluding hydrogens is 591 g/mol. The van der Waals surface area contributed by atoms with Crippen LogP contribution in [0.4, 0.5) is 0 Å². The van der Waals surface area contributed by atoms with Crippen LogP contribution in [0, 0.1) is 52.2 Å². The number of carbonyl (C=O) groups excluding carboxylic acids is 1. The lowest BCUT2D eigenvalue weighted by Crippen LogP contribution is -1.97. The molecule has 0 atom stereocenters. The number of aromatic nitrogens is 1. The molecule has 196 valence electrons. The van der Waals surface area contributed by atoms with Crippen LogP contribution >= 0.6 is 46.6 Å². The number of Topliss-reactive ketones (excluding diaryl/α,β-unsaturated/α-hetero) is 1. The molecule has 7 nitrogen and oxygen atoms in total. The van der Waals surface area contributed by atoms with Gasteiger partial charge in [0.1, 0.15) is 35.6 Å². The van der Waals surface area contributed by atoms with Gasteiger partial charge < -0.3 is 9.30 Å². The van der Waals surface area contributed by atoms with E-state index in [1.807, 2.05) is 37.4 Å². The van der Waals surface area contributed by atoms with Crippen LogP contribution in [-0.2, 0) is 7.05 Å². The highest BCUT2D eigenvalue weighted by molar-refractivity contribution is 7.80. The molecule has 4 heterocycles. The lowest BCUT2D eigenvalue weighted by Gasteiger charge is -2.03. The molecular formula is C30H15N5O2S4. The number of aryl methyl sites for hydroxylation is 2. The standard InChI is InChI=1S/C30H15N5O2S4/c1-13-27(38)25-30(39-13)28-21(35(25)2)8-23(41-28)29-22(37-3)7-17(40-29)6-20-24(16(11-33)12-34)18-4-14(9-31)15(10-32)5-19(18)26(20)36/h4-8,38H,1-3H3/b20-6-. The molecule has 0 saturated carbocycles. The molecule has 0 amide bonds. The fraction of sp³-hybridized carbons (Fsp3) is 0.100. The van der Waals surface area contributed by atoms with Crippen LogP contribution in [-0.4, -0.2) is 17.5 Å². The lowest BCUT2D eigenvalue weighted by molar-refractivity contribution is 0.104. The van der Waals surface area contributed by atoms with Crippen LogP contribution in [0.25, 0.3) is 41.8 Å². The van der Waals surface area contributed by atoms with Gasteiger partial charge in [0.05, 0.1) is 48.4 Å². The number of rotatable bonds is 3. The van der Waals surface area contributed by atoms with Crippen molar-refractivity contribution < 1.29 is 9.53 Å². The molecule has 0 unspecified atom stereocenters. The number of allylic oxidation sites excluding steroid dienone is 3. The third-order valence-corrected chi connectivity index (χ3v) is 11.3. The molecule has 0 saturated heterocycles. The number of ether oxygens (including phenoxy) is 1. The van der Waals surface area contributed by atoms with Gasteiger partial charge in [-0.3, -0.25) is 4.79 Å². The van der Waals surface area contributed by atoms with Crippen molar-refractivity contribution >= 4 is 84.5 Å². The summed E-state index contributed by atoms with van der Waals surface area (Å²) in [5.74, 6) is 0.211. The second kappa shape index (κ2) is 9.78. The number of ketones is 1. The zero-order valence-electron chi connectivity index (χ0n) is 21.6. The van der Waals surface area contributed by atoms with E-state index in [9.17, 15) is 25.8 Å². The summed E-state index contributed by atoms with van der Waals surface area (Å²) in [6.45, 7) is 2.06. The maximum absolute atomic E-state index is 13.6. The number of hydrogen-bond donors (Lipinski definition) is 1. The van der Waals surface area contributed by atoms with Crippen LogP contribution < -0.4 is 4.74 Å². The first kappa shape index (κ1) is 26.6. The fourth-order valence-electron chi connectivity index (χ4n) is 5.07. The zero-order valence-corrected chi connectivity index (χ0v) is 25.0. The maximum atomic E-state index is 13.6. The average Bonchev–Trinajstić information content (AvgIpc) is 3.76. The molecule has 0 bridgehead atoms. The number of methoxy groups -OCH3 is 1. The van der Waals surface area contributed by atoms with E-state index < -0.39 is 5.78 Å². The Morgan fingerprint density at radius 2 is 1.66 bits per heavy atom. The maximum Gasteiger partial charge on any atom is 0.194 e. The molecule has 6 rings (SSSR count). The van der Waals surface area contributed by atoms with Crippen molar-refractivity contribution in [2.24, 2.45) is 7.05 Å². The first-order chi connectivity index (χ1) is 19.8. The van der Waals surface area contributed by atoms with Crippen LogP contribution in [0.5, 0.6) is 5.75 Å². The second-order valence-corrected chi connectivity index (χ2v) is 13.0. The molecule has 5 aromatic rings. The molecule has 0 aliphatic heterocycles. The van der Waals surface area contributed by atoms with Gasteiger partial charge in [-0.2, -0.15) is 21.0 Å². The average molecular weight is 606 g/mol. The van der Waals surface area contributed by atoms with E-state index in [4.69, 9.17) is 17.4 Å². The highest BCUT2D eigenvalue weighted by atomic mass is 32.1. The van der Waals surface area contributed by atoms with E-state index in [0.29, 0.717) is 16.2 Å². The molecule has 4 aromatic heterocycles. The van der Waals surface area contributed by atoms with Crippen LogP contribution in [0.1, 0.15) is 36.8 Å². The SMILES string of the molecule is COc1cc(/C=C2\C(=O)c3cc(C#N)c(C#N)cc3C2=C(C#N)C#N)sc1-c1cc2c(s1)c1sc(C)c(S)c1n2C. The van der Waals surface area contributed by atoms with E-state index in [1.165, 1.54) is 32.9 Å². The van der Waals surface area contributed by atoms with E-state index >= 15 is 0 Å². The Morgan fingerprint density at radius 1 is 0.976 bits per heavy atom. The van der Waals surface area contributed by atoms with E-state index in [0.717, 1.165) is 30.6 Å². The lowest BCUT2D eigenvalue weighted by atomic mass is 9.96. The number of nitriles is 4. The zero-order chi connectivity index (χ0) is 29.2. The van der Waals surface area contributed by atoms with Gasteiger partial charge in [-0.15, -0.1) is 46.6 Å². The molecule has 11 heteroatoms. The summed E-state index contributed by atoms with van der Waals surface area (Å²) in [7, 11) is 3.62. The van der Waals surface area contributed by atoms with Gasteiger partial charge in [-0.1, -0.05) is 0 Å². The Bertz CT molecular complexity index is 2230. The Labute approximate surface area is 251 Å². The largest absolute Gasteiger partial charge is 0.495 e. The Hall–Kier alpha value is -4.62. The molecule has 1 aliphatic rings. The predicted octanol–water partition coefficient (Wildman–Crippen LogP) is 7.61. The number of thiophene rings is 3.